The molecule has 0 radical (unpaired) electrons. The van der Waals surface area contributed by atoms with Gasteiger partial charge in [0.05, 0.1) is 11.3 Å². The molecule has 3 aromatic rings. The lowest BCUT2D eigenvalue weighted by Crippen LogP contribution is -2.28. The molecule has 2 aromatic heterocycles. The lowest BCUT2D eigenvalue weighted by Gasteiger charge is -2.11. The van der Waals surface area contributed by atoms with E-state index < -0.39 is 0 Å². The minimum Gasteiger partial charge on any atom is -0.351 e. The number of benzene rings is 1. The SMILES string of the molecule is Cc1nc(C(=O)N(C)C)ccc1C(=O)NCCc1nc(-c2cccc(Cl)c2)no1. The maximum Gasteiger partial charge on any atom is 0.271 e. The van der Waals surface area contributed by atoms with E-state index in [-0.39, 0.29) is 11.8 Å². The molecule has 0 fully saturated rings. The number of halogens is 1. The Morgan fingerprint density at radius 3 is 2.66 bits per heavy atom. The monoisotopic (exact) mass is 413 g/mol. The molecule has 150 valence electrons. The van der Waals surface area contributed by atoms with Crippen LogP contribution in [-0.4, -0.2) is 52.5 Å². The van der Waals surface area contributed by atoms with E-state index in [1.165, 1.54) is 4.90 Å². The summed E-state index contributed by atoms with van der Waals surface area (Å²) in [6.07, 6.45) is 0.378. The molecular formula is C20H20ClN5O3. The zero-order chi connectivity index (χ0) is 21.0. The van der Waals surface area contributed by atoms with Crippen molar-refractivity contribution in [2.24, 2.45) is 0 Å². The highest BCUT2D eigenvalue weighted by Gasteiger charge is 2.15. The van der Waals surface area contributed by atoms with Gasteiger partial charge in [0.15, 0.2) is 0 Å². The molecule has 29 heavy (non-hydrogen) atoms. The molecule has 0 unspecified atom stereocenters. The smallest absolute Gasteiger partial charge is 0.271 e. The molecule has 0 aliphatic carbocycles. The predicted octanol–water partition coefficient (Wildman–Crippen LogP) is 2.77. The summed E-state index contributed by atoms with van der Waals surface area (Å²) in [5.41, 5.74) is 1.94. The number of nitrogens with one attached hydrogen (secondary N) is 1. The van der Waals surface area contributed by atoms with E-state index in [0.29, 0.717) is 46.7 Å². The molecule has 0 saturated carbocycles. The molecule has 8 nitrogen and oxygen atoms in total. The number of hydrogen-bond acceptors (Lipinski definition) is 6. The number of carbonyl (C=O) groups is 2. The van der Waals surface area contributed by atoms with Gasteiger partial charge in [0.1, 0.15) is 5.69 Å². The van der Waals surface area contributed by atoms with Gasteiger partial charge in [0.25, 0.3) is 11.8 Å². The molecular weight excluding hydrogens is 394 g/mol. The van der Waals surface area contributed by atoms with E-state index in [9.17, 15) is 9.59 Å². The van der Waals surface area contributed by atoms with Crippen molar-refractivity contribution in [1.29, 1.82) is 0 Å². The van der Waals surface area contributed by atoms with Crippen molar-refractivity contribution >= 4 is 23.4 Å². The fraction of sp³-hybridized carbons (Fsp3) is 0.250. The number of aryl methyl sites for hydroxylation is 1. The Hall–Kier alpha value is -3.26. The lowest BCUT2D eigenvalue weighted by atomic mass is 10.1. The number of aromatic nitrogens is 3. The zero-order valence-corrected chi connectivity index (χ0v) is 17.0. The first-order valence-corrected chi connectivity index (χ1v) is 9.29. The van der Waals surface area contributed by atoms with Crippen LogP contribution in [0.5, 0.6) is 0 Å². The van der Waals surface area contributed by atoms with Crippen molar-refractivity contribution < 1.29 is 14.1 Å². The van der Waals surface area contributed by atoms with E-state index in [0.717, 1.165) is 5.56 Å². The number of pyridine rings is 1. The van der Waals surface area contributed by atoms with Crippen LogP contribution >= 0.6 is 11.6 Å². The minimum atomic E-state index is -0.284. The second-order valence-electron chi connectivity index (χ2n) is 6.56. The predicted molar refractivity (Wildman–Crippen MR) is 108 cm³/mol. The number of hydrogen-bond donors (Lipinski definition) is 1. The summed E-state index contributed by atoms with van der Waals surface area (Å²) in [4.78, 5) is 34.3. The van der Waals surface area contributed by atoms with E-state index in [2.05, 4.69) is 20.4 Å². The number of amides is 2. The molecule has 9 heteroatoms. The summed E-state index contributed by atoms with van der Waals surface area (Å²) in [6.45, 7) is 2.00. The molecule has 0 aliphatic rings. The fourth-order valence-corrected chi connectivity index (χ4v) is 2.82. The summed E-state index contributed by atoms with van der Waals surface area (Å²) in [6, 6.07) is 10.3. The summed E-state index contributed by atoms with van der Waals surface area (Å²) in [5.74, 6) is 0.345. The molecule has 2 heterocycles. The summed E-state index contributed by atoms with van der Waals surface area (Å²) in [5, 5.41) is 7.32. The zero-order valence-electron chi connectivity index (χ0n) is 16.3. The molecule has 3 rings (SSSR count). The van der Waals surface area contributed by atoms with Crippen LogP contribution in [0.3, 0.4) is 0 Å². The molecule has 0 bridgehead atoms. The van der Waals surface area contributed by atoms with Crippen LogP contribution in [-0.2, 0) is 6.42 Å². The molecule has 0 aliphatic heterocycles. The third-order valence-corrected chi connectivity index (χ3v) is 4.37. The molecule has 0 atom stereocenters. The van der Waals surface area contributed by atoms with Gasteiger partial charge in [-0.25, -0.2) is 4.98 Å². The van der Waals surface area contributed by atoms with E-state index in [1.54, 1.807) is 45.3 Å². The standard InChI is InChI=1S/C20H20ClN5O3/c1-12-15(7-8-16(23-12)20(28)26(2)3)19(27)22-10-9-17-24-18(25-29-17)13-5-4-6-14(21)11-13/h4-8,11H,9-10H2,1-3H3,(H,22,27). The average Bonchev–Trinajstić information content (AvgIpc) is 3.16. The Morgan fingerprint density at radius 2 is 1.97 bits per heavy atom. The van der Waals surface area contributed by atoms with Crippen molar-refractivity contribution in [2.45, 2.75) is 13.3 Å². The first kappa shape index (κ1) is 20.5. The van der Waals surface area contributed by atoms with Crippen LogP contribution in [0.4, 0.5) is 0 Å². The van der Waals surface area contributed by atoms with Gasteiger partial charge in [-0.15, -0.1) is 0 Å². The second kappa shape index (κ2) is 8.83. The molecule has 0 spiro atoms. The highest BCUT2D eigenvalue weighted by Crippen LogP contribution is 2.20. The Kier molecular flexibility index (Phi) is 6.23. The van der Waals surface area contributed by atoms with Crippen molar-refractivity contribution in [3.63, 3.8) is 0 Å². The van der Waals surface area contributed by atoms with E-state index >= 15 is 0 Å². The Morgan fingerprint density at radius 1 is 1.17 bits per heavy atom. The molecule has 2 amide bonds. The van der Waals surface area contributed by atoms with Gasteiger partial charge < -0.3 is 14.7 Å². The lowest BCUT2D eigenvalue weighted by molar-refractivity contribution is 0.0820. The van der Waals surface area contributed by atoms with Gasteiger partial charge in [-0.1, -0.05) is 28.9 Å². The largest absolute Gasteiger partial charge is 0.351 e. The fourth-order valence-electron chi connectivity index (χ4n) is 2.63. The van der Waals surface area contributed by atoms with Gasteiger partial charge in [0.2, 0.25) is 11.7 Å². The normalized spacial score (nSPS) is 10.6. The molecule has 1 aromatic carbocycles. The average molecular weight is 414 g/mol. The maximum absolute atomic E-state index is 12.4. The van der Waals surface area contributed by atoms with Gasteiger partial charge in [-0.2, -0.15) is 4.98 Å². The van der Waals surface area contributed by atoms with Gasteiger partial charge in [0, 0.05) is 37.6 Å². The van der Waals surface area contributed by atoms with Gasteiger partial charge >= 0.3 is 0 Å². The van der Waals surface area contributed by atoms with Crippen molar-refractivity contribution in [2.75, 3.05) is 20.6 Å². The van der Waals surface area contributed by atoms with Crippen LogP contribution in [0.15, 0.2) is 40.9 Å². The van der Waals surface area contributed by atoms with Gasteiger partial charge in [-0.05, 0) is 31.2 Å². The molecule has 1 N–H and O–H groups in total. The topological polar surface area (TPSA) is 101 Å². The Labute approximate surface area is 172 Å². The van der Waals surface area contributed by atoms with Crippen LogP contribution in [0, 0.1) is 6.92 Å². The van der Waals surface area contributed by atoms with Crippen LogP contribution < -0.4 is 5.32 Å². The summed E-state index contributed by atoms with van der Waals surface area (Å²) >= 11 is 5.97. The quantitative estimate of drug-likeness (QED) is 0.666. The van der Waals surface area contributed by atoms with Crippen LogP contribution in [0.25, 0.3) is 11.4 Å². The first-order chi connectivity index (χ1) is 13.8. The minimum absolute atomic E-state index is 0.216. The van der Waals surface area contributed by atoms with Gasteiger partial charge in [-0.3, -0.25) is 9.59 Å². The third kappa shape index (κ3) is 4.97. The number of rotatable bonds is 6. The van der Waals surface area contributed by atoms with Crippen molar-refractivity contribution in [3.05, 3.63) is 64.3 Å². The van der Waals surface area contributed by atoms with Crippen LogP contribution in [0.2, 0.25) is 5.02 Å². The Bertz CT molecular complexity index is 1050. The van der Waals surface area contributed by atoms with E-state index in [1.807, 2.05) is 12.1 Å². The number of nitrogens with zero attached hydrogens (tertiary/aromatic N) is 4. The third-order valence-electron chi connectivity index (χ3n) is 4.13. The highest BCUT2D eigenvalue weighted by atomic mass is 35.5. The second-order valence-corrected chi connectivity index (χ2v) is 6.99. The Balaban J connectivity index is 1.58. The first-order valence-electron chi connectivity index (χ1n) is 8.91. The van der Waals surface area contributed by atoms with Crippen LogP contribution in [0.1, 0.15) is 32.4 Å². The highest BCUT2D eigenvalue weighted by molar-refractivity contribution is 6.30. The van der Waals surface area contributed by atoms with Crippen molar-refractivity contribution in [1.82, 2.24) is 25.3 Å². The maximum atomic E-state index is 12.4. The number of carbonyl (C=O) groups excluding carboxylic acids is 2. The van der Waals surface area contributed by atoms with E-state index in [4.69, 9.17) is 16.1 Å². The summed E-state index contributed by atoms with van der Waals surface area (Å²) in [7, 11) is 3.30. The van der Waals surface area contributed by atoms with Crippen molar-refractivity contribution in [3.8, 4) is 11.4 Å². The molecule has 0 saturated heterocycles. The summed E-state index contributed by atoms with van der Waals surface area (Å²) < 4.78 is 5.22.